The molecule has 4 aliphatic rings. The molecule has 0 aromatic heterocycles. The average Bonchev–Trinajstić information content (AvgIpc) is 3.33. The van der Waals surface area contributed by atoms with Crippen LogP contribution in [-0.4, -0.2) is 6.85 Å². The van der Waals surface area contributed by atoms with Gasteiger partial charge in [0.2, 0.25) is 0 Å². The van der Waals surface area contributed by atoms with Gasteiger partial charge in [-0.2, -0.15) is 0 Å². The Morgan fingerprint density at radius 3 is 2.00 bits per heavy atom. The summed E-state index contributed by atoms with van der Waals surface area (Å²) in [6.45, 7) is 18.9. The summed E-state index contributed by atoms with van der Waals surface area (Å²) >= 11 is 0. The van der Waals surface area contributed by atoms with Crippen LogP contribution in [0.5, 0.6) is 0 Å². The predicted molar refractivity (Wildman–Crippen MR) is 213 cm³/mol. The molecule has 2 nitrogen and oxygen atoms in total. The Bertz CT molecular complexity index is 2440. The molecule has 6 aromatic rings. The molecule has 0 unspecified atom stereocenters. The molecular weight excluding hydrogens is 603 g/mol. The number of aryl methyl sites for hydroxylation is 1. The number of anilines is 5. The summed E-state index contributed by atoms with van der Waals surface area (Å²) in [4.78, 5) is 5.34. The fourth-order valence-electron chi connectivity index (χ4n) is 9.99. The van der Waals surface area contributed by atoms with Gasteiger partial charge in [0.1, 0.15) is 0 Å². The van der Waals surface area contributed by atoms with Crippen molar-refractivity contribution < 1.29 is 0 Å². The van der Waals surface area contributed by atoms with Crippen LogP contribution in [0, 0.1) is 6.92 Å². The maximum Gasteiger partial charge on any atom is 0.333 e. The van der Waals surface area contributed by atoms with E-state index in [1.54, 1.807) is 0 Å². The van der Waals surface area contributed by atoms with Crippen molar-refractivity contribution in [2.24, 2.45) is 0 Å². The fraction of sp³-hybridized carbons (Fsp3) is 0.234. The van der Waals surface area contributed by atoms with Gasteiger partial charge < -0.3 is 9.71 Å². The van der Waals surface area contributed by atoms with Crippen molar-refractivity contribution in [1.82, 2.24) is 0 Å². The van der Waals surface area contributed by atoms with Crippen LogP contribution >= 0.6 is 0 Å². The van der Waals surface area contributed by atoms with Crippen molar-refractivity contribution in [2.75, 3.05) is 9.71 Å². The first kappa shape index (κ1) is 29.9. The Labute approximate surface area is 297 Å². The minimum Gasteiger partial charge on any atom is -0.376 e. The second kappa shape index (κ2) is 9.61. The molecule has 50 heavy (non-hydrogen) atoms. The minimum absolute atomic E-state index is 0.00635. The first-order valence-corrected chi connectivity index (χ1v) is 18.2. The lowest BCUT2D eigenvalue weighted by Crippen LogP contribution is -2.62. The number of rotatable bonds is 1. The zero-order chi connectivity index (χ0) is 34.5. The first-order valence-electron chi connectivity index (χ1n) is 18.2. The molecule has 0 N–H and O–H groups in total. The van der Waals surface area contributed by atoms with Crippen LogP contribution in [0.15, 0.2) is 115 Å². The first-order chi connectivity index (χ1) is 23.9. The van der Waals surface area contributed by atoms with Gasteiger partial charge in [0, 0.05) is 39.1 Å². The minimum atomic E-state index is -0.164. The van der Waals surface area contributed by atoms with E-state index in [-0.39, 0.29) is 23.1 Å². The second-order valence-electron chi connectivity index (χ2n) is 17.1. The lowest BCUT2D eigenvalue weighted by molar-refractivity contribution is 0.590. The van der Waals surface area contributed by atoms with E-state index < -0.39 is 0 Å². The van der Waals surface area contributed by atoms with Crippen LogP contribution in [-0.2, 0) is 16.2 Å². The third kappa shape index (κ3) is 3.65. The van der Waals surface area contributed by atoms with E-state index in [9.17, 15) is 0 Å². The average molecular weight is 647 g/mol. The summed E-state index contributed by atoms with van der Waals surface area (Å²) < 4.78 is 0. The molecule has 0 saturated heterocycles. The summed E-state index contributed by atoms with van der Waals surface area (Å²) in [6.07, 6.45) is 0. The molecule has 0 fully saturated rings. The van der Waals surface area contributed by atoms with Crippen LogP contribution < -0.4 is 20.6 Å². The molecule has 3 heterocycles. The number of nitrogens with zero attached hydrogens (tertiary/aromatic N) is 2. The quantitative estimate of drug-likeness (QED) is 0.164. The van der Waals surface area contributed by atoms with E-state index in [4.69, 9.17) is 0 Å². The molecule has 1 aliphatic carbocycles. The largest absolute Gasteiger partial charge is 0.376 e. The molecule has 6 aromatic carbocycles. The number of hydrogen-bond acceptors (Lipinski definition) is 2. The second-order valence-corrected chi connectivity index (χ2v) is 17.1. The molecule has 0 bridgehead atoms. The van der Waals surface area contributed by atoms with E-state index in [0.29, 0.717) is 0 Å². The SMILES string of the molecule is Cc1cc2c3c(c1)N1c4ccccc4C(C)(C)c4cccc(c41)B3N(c1ccc(C(C)(C)C)cc1)c1c-2ccc2c1C(C)(C)c1ccccc1-2. The van der Waals surface area contributed by atoms with Crippen molar-refractivity contribution in [3.63, 3.8) is 0 Å². The summed E-state index contributed by atoms with van der Waals surface area (Å²) in [5.41, 5.74) is 22.7. The van der Waals surface area contributed by atoms with Crippen molar-refractivity contribution in [2.45, 2.75) is 71.6 Å². The predicted octanol–water partition coefficient (Wildman–Crippen LogP) is 10.9. The van der Waals surface area contributed by atoms with Gasteiger partial charge in [-0.25, -0.2) is 0 Å². The van der Waals surface area contributed by atoms with Crippen LogP contribution in [0.3, 0.4) is 0 Å². The molecule has 3 heteroatoms. The number of para-hydroxylation sites is 2. The number of benzene rings is 6. The Kier molecular flexibility index (Phi) is 5.74. The van der Waals surface area contributed by atoms with Crippen LogP contribution in [0.2, 0.25) is 0 Å². The van der Waals surface area contributed by atoms with E-state index in [1.165, 1.54) is 95.0 Å². The number of fused-ring (bicyclic) bond motifs is 10. The molecule has 0 spiro atoms. The molecular formula is C47H43BN2. The molecule has 0 atom stereocenters. The molecule has 0 saturated carbocycles. The third-order valence-corrected chi connectivity index (χ3v) is 12.4. The molecule has 10 rings (SSSR count). The highest BCUT2D eigenvalue weighted by molar-refractivity contribution is 6.93. The summed E-state index contributed by atoms with van der Waals surface area (Å²) in [5, 5.41) is 0. The normalized spacial score (nSPS) is 16.6. The van der Waals surface area contributed by atoms with Gasteiger partial charge in [-0.15, -0.1) is 0 Å². The van der Waals surface area contributed by atoms with Crippen molar-refractivity contribution in [1.29, 1.82) is 0 Å². The lowest BCUT2D eigenvalue weighted by Gasteiger charge is -2.51. The standard InChI is InChI=1S/C47H43BN2/c1-28-26-34-33-25-24-32-31-14-9-10-15-35(31)47(7,8)41(32)43(33)50(30-22-20-29(21-23-30)45(2,3)4)48-38-18-13-17-37-44(38)49(40(27-28)42(34)48)39-19-12-11-16-36(39)46(37,5)6/h9-27H,1-8H3. The highest BCUT2D eigenvalue weighted by Crippen LogP contribution is 2.59. The van der Waals surface area contributed by atoms with Crippen LogP contribution in [0.4, 0.5) is 28.4 Å². The van der Waals surface area contributed by atoms with Gasteiger partial charge in [0.05, 0.1) is 5.69 Å². The zero-order valence-electron chi connectivity index (χ0n) is 30.4. The maximum atomic E-state index is 2.73. The summed E-state index contributed by atoms with van der Waals surface area (Å²) in [7, 11) is 0. The van der Waals surface area contributed by atoms with Crippen LogP contribution in [0.25, 0.3) is 22.3 Å². The van der Waals surface area contributed by atoms with Gasteiger partial charge in [-0.05, 0) is 97.6 Å². The van der Waals surface area contributed by atoms with Gasteiger partial charge in [-0.1, -0.05) is 139 Å². The molecule has 244 valence electrons. The van der Waals surface area contributed by atoms with E-state index in [0.717, 1.165) is 0 Å². The molecule has 3 aliphatic heterocycles. The lowest BCUT2D eigenvalue weighted by atomic mass is 9.42. The smallest absolute Gasteiger partial charge is 0.333 e. The Morgan fingerprint density at radius 1 is 0.560 bits per heavy atom. The van der Waals surface area contributed by atoms with Gasteiger partial charge in [0.25, 0.3) is 0 Å². The van der Waals surface area contributed by atoms with Crippen molar-refractivity contribution in [3.05, 3.63) is 149 Å². The fourth-order valence-corrected chi connectivity index (χ4v) is 9.99. The molecule has 0 radical (unpaired) electrons. The Hall–Kier alpha value is -5.02. The van der Waals surface area contributed by atoms with Crippen molar-refractivity contribution in [3.8, 4) is 22.3 Å². The summed E-state index contributed by atoms with van der Waals surface area (Å²) in [5.74, 6) is 0. The highest BCUT2D eigenvalue weighted by Gasteiger charge is 2.51. The van der Waals surface area contributed by atoms with Crippen LogP contribution in [0.1, 0.15) is 81.8 Å². The Morgan fingerprint density at radius 2 is 1.24 bits per heavy atom. The van der Waals surface area contributed by atoms with E-state index in [2.05, 4.69) is 180 Å². The Balaban J connectivity index is 1.36. The van der Waals surface area contributed by atoms with Crippen molar-refractivity contribution >= 4 is 46.2 Å². The third-order valence-electron chi connectivity index (χ3n) is 12.4. The van der Waals surface area contributed by atoms with E-state index >= 15 is 0 Å². The highest BCUT2D eigenvalue weighted by atomic mass is 15.2. The van der Waals surface area contributed by atoms with Gasteiger partial charge in [0.15, 0.2) is 0 Å². The monoisotopic (exact) mass is 646 g/mol. The maximum absolute atomic E-state index is 2.73. The topological polar surface area (TPSA) is 6.48 Å². The zero-order valence-corrected chi connectivity index (χ0v) is 30.4. The van der Waals surface area contributed by atoms with Gasteiger partial charge in [-0.3, -0.25) is 0 Å². The van der Waals surface area contributed by atoms with Gasteiger partial charge >= 0.3 is 6.85 Å². The molecule has 0 amide bonds. The number of hydrogen-bond donors (Lipinski definition) is 0. The van der Waals surface area contributed by atoms with E-state index in [1.807, 2.05) is 0 Å². The summed E-state index contributed by atoms with van der Waals surface area (Å²) in [6, 6.07) is 44.5.